The molecule has 2 aromatic carbocycles. The summed E-state index contributed by atoms with van der Waals surface area (Å²) < 4.78 is 5.03. The Kier molecular flexibility index (Phi) is 7.66. The van der Waals surface area contributed by atoms with Gasteiger partial charge in [-0.1, -0.05) is 80.4 Å². The molecule has 5 heteroatoms. The minimum absolute atomic E-state index is 0.0563. The number of carbonyl (C=O) groups is 1. The Hall–Kier alpha value is -3.08. The number of aliphatic imine (C=N–C) groups is 1. The van der Waals surface area contributed by atoms with Crippen molar-refractivity contribution in [2.45, 2.75) is 45.2 Å². The zero-order chi connectivity index (χ0) is 21.3. The van der Waals surface area contributed by atoms with Crippen LogP contribution < -0.4 is 0 Å². The second-order valence-electron chi connectivity index (χ2n) is 7.52. The van der Waals surface area contributed by atoms with Crippen LogP contribution in [-0.4, -0.2) is 35.5 Å². The summed E-state index contributed by atoms with van der Waals surface area (Å²) in [6.45, 7) is 3.35. The third-order valence-electron chi connectivity index (χ3n) is 5.29. The lowest BCUT2D eigenvalue weighted by Crippen LogP contribution is -2.32. The molecule has 1 aliphatic rings. The highest BCUT2D eigenvalue weighted by molar-refractivity contribution is 6.19. The minimum Gasteiger partial charge on any atom is -0.511 e. The number of nitrogens with zero attached hydrogens (tertiary/aromatic N) is 2. The summed E-state index contributed by atoms with van der Waals surface area (Å²) in [4.78, 5) is 19.6. The van der Waals surface area contributed by atoms with E-state index >= 15 is 0 Å². The zero-order valence-electron chi connectivity index (χ0n) is 17.8. The van der Waals surface area contributed by atoms with E-state index in [-0.39, 0.29) is 17.4 Å². The Morgan fingerprint density at radius 3 is 2.40 bits per heavy atom. The van der Waals surface area contributed by atoms with E-state index < -0.39 is 5.97 Å². The van der Waals surface area contributed by atoms with Crippen LogP contribution in [0.25, 0.3) is 0 Å². The van der Waals surface area contributed by atoms with Crippen molar-refractivity contribution >= 4 is 11.8 Å². The molecule has 1 atom stereocenters. The predicted octanol–water partition coefficient (Wildman–Crippen LogP) is 5.21. The molecular weight excluding hydrogens is 376 g/mol. The van der Waals surface area contributed by atoms with Crippen molar-refractivity contribution in [3.05, 3.63) is 83.1 Å². The fraction of sp³-hybridized carbons (Fsp3) is 0.360. The Bertz CT molecular complexity index is 891. The van der Waals surface area contributed by atoms with Crippen LogP contribution in [0.1, 0.15) is 49.8 Å². The number of benzene rings is 2. The van der Waals surface area contributed by atoms with Gasteiger partial charge in [-0.25, -0.2) is 4.79 Å². The first-order valence-electron chi connectivity index (χ1n) is 10.6. The van der Waals surface area contributed by atoms with E-state index in [9.17, 15) is 9.90 Å². The molecule has 30 heavy (non-hydrogen) atoms. The van der Waals surface area contributed by atoms with E-state index in [2.05, 4.69) is 24.0 Å². The molecule has 1 heterocycles. The van der Waals surface area contributed by atoms with Gasteiger partial charge in [-0.05, 0) is 17.5 Å². The summed E-state index contributed by atoms with van der Waals surface area (Å²) in [7, 11) is 1.34. The monoisotopic (exact) mass is 406 g/mol. The van der Waals surface area contributed by atoms with Gasteiger partial charge in [0.2, 0.25) is 0 Å². The summed E-state index contributed by atoms with van der Waals surface area (Å²) >= 11 is 0. The van der Waals surface area contributed by atoms with Gasteiger partial charge in [0.1, 0.15) is 17.2 Å². The molecule has 0 aliphatic carbocycles. The van der Waals surface area contributed by atoms with Gasteiger partial charge in [-0.15, -0.1) is 0 Å². The number of aliphatic hydroxyl groups is 1. The smallest absolute Gasteiger partial charge is 0.345 e. The van der Waals surface area contributed by atoms with Crippen LogP contribution in [0.4, 0.5) is 0 Å². The molecule has 0 amide bonds. The second kappa shape index (κ2) is 10.6. The van der Waals surface area contributed by atoms with Crippen LogP contribution in [0, 0.1) is 0 Å². The van der Waals surface area contributed by atoms with Gasteiger partial charge >= 0.3 is 5.97 Å². The highest BCUT2D eigenvalue weighted by atomic mass is 16.5. The maximum Gasteiger partial charge on any atom is 0.345 e. The van der Waals surface area contributed by atoms with Crippen molar-refractivity contribution in [2.24, 2.45) is 4.99 Å². The average molecular weight is 407 g/mol. The van der Waals surface area contributed by atoms with Crippen molar-refractivity contribution < 1.29 is 14.6 Å². The number of aliphatic hydroxyl groups excluding tert-OH is 1. The third-order valence-corrected chi connectivity index (χ3v) is 5.29. The lowest BCUT2D eigenvalue weighted by molar-refractivity contribution is -0.135. The molecule has 1 N–H and O–H groups in total. The Labute approximate surface area is 178 Å². The Morgan fingerprint density at radius 2 is 1.77 bits per heavy atom. The maximum atomic E-state index is 12.7. The molecule has 2 aromatic rings. The maximum absolute atomic E-state index is 12.7. The van der Waals surface area contributed by atoms with Crippen molar-refractivity contribution in [1.29, 1.82) is 0 Å². The van der Waals surface area contributed by atoms with Crippen molar-refractivity contribution in [3.8, 4) is 0 Å². The van der Waals surface area contributed by atoms with Gasteiger partial charge in [0.25, 0.3) is 0 Å². The number of amidine groups is 1. The van der Waals surface area contributed by atoms with Crippen LogP contribution in [-0.2, 0) is 16.1 Å². The summed E-state index contributed by atoms with van der Waals surface area (Å²) in [6.07, 6.45) is 3.28. The number of carbonyl (C=O) groups excluding carboxylic acids is 1. The fourth-order valence-corrected chi connectivity index (χ4v) is 3.69. The minimum atomic E-state index is -0.547. The van der Waals surface area contributed by atoms with E-state index in [0.29, 0.717) is 25.3 Å². The highest BCUT2D eigenvalue weighted by Crippen LogP contribution is 2.30. The fourth-order valence-electron chi connectivity index (χ4n) is 3.69. The van der Waals surface area contributed by atoms with E-state index in [1.165, 1.54) is 7.11 Å². The van der Waals surface area contributed by atoms with Gasteiger partial charge < -0.3 is 14.7 Å². The molecule has 5 nitrogen and oxygen atoms in total. The lowest BCUT2D eigenvalue weighted by Gasteiger charge is -2.22. The first-order chi connectivity index (χ1) is 14.6. The lowest BCUT2D eigenvalue weighted by atomic mass is 10.1. The number of hydrogen-bond donors (Lipinski definition) is 1. The SMILES string of the molecule is CCCCC/C(O)=C(\C(=O)OC)C1=NC(c2ccccc2)CN1Cc1ccccc1. The number of methoxy groups -OCH3 is 1. The molecule has 158 valence electrons. The zero-order valence-corrected chi connectivity index (χ0v) is 17.8. The molecule has 1 aliphatic heterocycles. The average Bonchev–Trinajstić information content (AvgIpc) is 3.18. The number of unbranched alkanes of at least 4 members (excludes halogenated alkanes) is 2. The van der Waals surface area contributed by atoms with Gasteiger partial charge in [0, 0.05) is 19.5 Å². The van der Waals surface area contributed by atoms with Crippen molar-refractivity contribution in [3.63, 3.8) is 0 Å². The number of allylic oxidation sites excluding steroid dienone is 1. The quantitative estimate of drug-likeness (QED) is 0.269. The molecular formula is C25H30N2O3. The van der Waals surface area contributed by atoms with Crippen LogP contribution in [0.15, 0.2) is 77.0 Å². The van der Waals surface area contributed by atoms with Crippen LogP contribution in [0.5, 0.6) is 0 Å². The number of rotatable bonds is 9. The summed E-state index contributed by atoms with van der Waals surface area (Å²) in [5.74, 6) is 0.0175. The van der Waals surface area contributed by atoms with Crippen molar-refractivity contribution in [2.75, 3.05) is 13.7 Å². The van der Waals surface area contributed by atoms with E-state index in [1.54, 1.807) is 0 Å². The Balaban J connectivity index is 1.98. The number of esters is 1. The first kappa shape index (κ1) is 21.6. The standard InChI is InChI=1S/C25H30N2O3/c1-3-4-7-16-22(28)23(25(29)30-2)24-26-21(20-14-10-6-11-15-20)18-27(24)17-19-12-8-5-9-13-19/h5-6,8-15,21,28H,3-4,7,16-18H2,1-2H3/b23-22+. The van der Waals surface area contributed by atoms with Gasteiger partial charge in [-0.2, -0.15) is 0 Å². The molecule has 0 radical (unpaired) electrons. The van der Waals surface area contributed by atoms with Crippen LogP contribution >= 0.6 is 0 Å². The van der Waals surface area contributed by atoms with Gasteiger partial charge in [-0.3, -0.25) is 4.99 Å². The predicted molar refractivity (Wildman–Crippen MR) is 119 cm³/mol. The summed E-state index contributed by atoms with van der Waals surface area (Å²) in [5.41, 5.74) is 2.39. The topological polar surface area (TPSA) is 62.1 Å². The molecule has 1 unspecified atom stereocenters. The molecule has 3 rings (SSSR count). The normalized spacial score (nSPS) is 16.8. The van der Waals surface area contributed by atoms with Gasteiger partial charge in [0.05, 0.1) is 13.2 Å². The number of hydrogen-bond acceptors (Lipinski definition) is 5. The molecule has 0 fully saturated rings. The third kappa shape index (κ3) is 5.29. The summed E-state index contributed by atoms with van der Waals surface area (Å²) in [5, 5.41) is 10.8. The molecule has 0 bridgehead atoms. The Morgan fingerprint density at radius 1 is 1.10 bits per heavy atom. The van der Waals surface area contributed by atoms with Crippen molar-refractivity contribution in [1.82, 2.24) is 4.90 Å². The van der Waals surface area contributed by atoms with Crippen LogP contribution in [0.2, 0.25) is 0 Å². The molecule has 0 saturated carbocycles. The largest absolute Gasteiger partial charge is 0.511 e. The second-order valence-corrected chi connectivity index (χ2v) is 7.52. The van der Waals surface area contributed by atoms with E-state index in [1.807, 2.05) is 48.5 Å². The van der Waals surface area contributed by atoms with Gasteiger partial charge in [0.15, 0.2) is 0 Å². The highest BCUT2D eigenvalue weighted by Gasteiger charge is 2.33. The van der Waals surface area contributed by atoms with E-state index in [4.69, 9.17) is 9.73 Å². The van der Waals surface area contributed by atoms with E-state index in [0.717, 1.165) is 30.4 Å². The number of ether oxygens (including phenoxy) is 1. The first-order valence-corrected chi connectivity index (χ1v) is 10.6. The summed E-state index contributed by atoms with van der Waals surface area (Å²) in [6, 6.07) is 20.0. The molecule has 0 spiro atoms. The van der Waals surface area contributed by atoms with Crippen LogP contribution in [0.3, 0.4) is 0 Å². The molecule has 0 saturated heterocycles. The molecule has 0 aromatic heterocycles.